The van der Waals surface area contributed by atoms with E-state index in [2.05, 4.69) is 31.4 Å². The van der Waals surface area contributed by atoms with Crippen molar-refractivity contribution in [1.82, 2.24) is 10.4 Å². The first-order chi connectivity index (χ1) is 15.2. The number of nitrogens with one attached hydrogen (secondary N) is 1. The van der Waals surface area contributed by atoms with Crippen LogP contribution in [0.1, 0.15) is 21.6 Å². The van der Waals surface area contributed by atoms with Crippen LogP contribution in [0.5, 0.6) is 5.75 Å². The second kappa shape index (κ2) is 10.7. The van der Waals surface area contributed by atoms with Crippen molar-refractivity contribution in [2.75, 3.05) is 0 Å². The number of ether oxygens (including phenoxy) is 1. The smallest absolute Gasteiger partial charge is 0.289 e. The zero-order valence-corrected chi connectivity index (χ0v) is 19.7. The Bertz CT molecular complexity index is 1180. The molecule has 1 aromatic heterocycles. The van der Waals surface area contributed by atoms with Gasteiger partial charge in [-0.2, -0.15) is 5.10 Å². The second-order valence-electron chi connectivity index (χ2n) is 6.20. The number of carbonyl (C=O) groups excluding carboxylic acids is 1. The van der Waals surface area contributed by atoms with Gasteiger partial charge in [0.05, 0.1) is 20.6 Å². The Morgan fingerprint density at radius 3 is 2.59 bits per heavy atom. The minimum atomic E-state index is -0.624. The highest BCUT2D eigenvalue weighted by Crippen LogP contribution is 2.35. The lowest BCUT2D eigenvalue weighted by Gasteiger charge is -2.12. The number of nitrogens with zero attached hydrogens (tertiary/aromatic N) is 3. The molecule has 164 valence electrons. The van der Waals surface area contributed by atoms with E-state index < -0.39 is 10.8 Å². The number of amides is 1. The maximum absolute atomic E-state index is 12.0. The standard InChI is InChI=1S/C20H12BrCl3N4O4/c21-15-5-11(8-26-27-20(29)18-4-3-14(9-25-18)28(30)31)6-17(24)19(15)32-10-12-1-2-13(22)7-16(12)23/h1-9H,10H2,(H,27,29)/b26-8-. The topological polar surface area (TPSA) is 107 Å². The number of aromatic nitrogens is 1. The lowest BCUT2D eigenvalue weighted by molar-refractivity contribution is -0.385. The van der Waals surface area contributed by atoms with Crippen LogP contribution < -0.4 is 10.2 Å². The minimum Gasteiger partial charge on any atom is -0.486 e. The molecule has 0 aliphatic carbocycles. The molecule has 1 N–H and O–H groups in total. The maximum Gasteiger partial charge on any atom is 0.289 e. The van der Waals surface area contributed by atoms with Crippen LogP contribution in [-0.4, -0.2) is 22.0 Å². The Kier molecular flexibility index (Phi) is 8.03. The van der Waals surface area contributed by atoms with Gasteiger partial charge in [-0.3, -0.25) is 14.9 Å². The average molecular weight is 559 g/mol. The quantitative estimate of drug-likeness (QED) is 0.216. The van der Waals surface area contributed by atoms with Crippen LogP contribution in [0.15, 0.2) is 58.2 Å². The summed E-state index contributed by atoms with van der Waals surface area (Å²) >= 11 is 21.8. The number of halogens is 4. The van der Waals surface area contributed by atoms with Gasteiger partial charge in [-0.1, -0.05) is 40.9 Å². The maximum atomic E-state index is 12.0. The first kappa shape index (κ1) is 23.9. The number of pyridine rings is 1. The molecule has 2 aromatic carbocycles. The van der Waals surface area contributed by atoms with E-state index >= 15 is 0 Å². The molecule has 1 heterocycles. The largest absolute Gasteiger partial charge is 0.486 e. The van der Waals surface area contributed by atoms with Gasteiger partial charge in [-0.15, -0.1) is 0 Å². The molecule has 0 spiro atoms. The molecule has 3 rings (SSSR count). The summed E-state index contributed by atoms with van der Waals surface area (Å²) in [4.78, 5) is 25.8. The van der Waals surface area contributed by atoms with Gasteiger partial charge < -0.3 is 4.74 Å². The van der Waals surface area contributed by atoms with Crippen molar-refractivity contribution in [3.05, 3.63) is 95.1 Å². The lowest BCUT2D eigenvalue weighted by atomic mass is 10.2. The summed E-state index contributed by atoms with van der Waals surface area (Å²) in [5, 5.41) is 15.8. The molecule has 3 aromatic rings. The van der Waals surface area contributed by atoms with Crippen LogP contribution in [0.2, 0.25) is 15.1 Å². The van der Waals surface area contributed by atoms with Crippen LogP contribution in [0.4, 0.5) is 5.69 Å². The first-order valence-corrected chi connectivity index (χ1v) is 10.7. The molecule has 0 saturated heterocycles. The number of benzene rings is 2. The summed E-state index contributed by atoms with van der Waals surface area (Å²) in [7, 11) is 0. The van der Waals surface area contributed by atoms with E-state index in [1.165, 1.54) is 18.3 Å². The van der Waals surface area contributed by atoms with Crippen LogP contribution in [0.25, 0.3) is 0 Å². The van der Waals surface area contributed by atoms with E-state index in [4.69, 9.17) is 39.5 Å². The Morgan fingerprint density at radius 1 is 1.19 bits per heavy atom. The van der Waals surface area contributed by atoms with Crippen molar-refractivity contribution < 1.29 is 14.5 Å². The predicted molar refractivity (Wildman–Crippen MR) is 126 cm³/mol. The number of carbonyl (C=O) groups is 1. The SMILES string of the molecule is O=C(N/N=C\c1cc(Cl)c(OCc2ccc(Cl)cc2Cl)c(Br)c1)c1ccc([N+](=O)[O-])cn1. The van der Waals surface area contributed by atoms with Crippen molar-refractivity contribution in [2.24, 2.45) is 5.10 Å². The molecule has 0 aliphatic heterocycles. The Morgan fingerprint density at radius 2 is 1.97 bits per heavy atom. The van der Waals surface area contributed by atoms with Gasteiger partial charge in [-0.25, -0.2) is 10.4 Å². The van der Waals surface area contributed by atoms with Crippen molar-refractivity contribution >= 4 is 68.5 Å². The molecule has 0 unspecified atom stereocenters. The fourth-order valence-corrected chi connectivity index (χ4v) is 3.88. The fraction of sp³-hybridized carbons (Fsp3) is 0.0500. The van der Waals surface area contributed by atoms with Crippen molar-refractivity contribution in [1.29, 1.82) is 0 Å². The van der Waals surface area contributed by atoms with Crippen molar-refractivity contribution in [2.45, 2.75) is 6.61 Å². The molecule has 8 nitrogen and oxygen atoms in total. The van der Waals surface area contributed by atoms with Gasteiger partial charge in [0, 0.05) is 21.7 Å². The highest BCUT2D eigenvalue weighted by molar-refractivity contribution is 9.10. The number of hydrogen-bond acceptors (Lipinski definition) is 6. The van der Waals surface area contributed by atoms with E-state index in [1.54, 1.807) is 30.3 Å². The van der Waals surface area contributed by atoms with Gasteiger partial charge in [0.1, 0.15) is 18.5 Å². The number of hydrazone groups is 1. The molecular weight excluding hydrogens is 547 g/mol. The Hall–Kier alpha value is -2.72. The molecular formula is C20H12BrCl3N4O4. The van der Waals surface area contributed by atoms with Crippen molar-refractivity contribution in [3.63, 3.8) is 0 Å². The number of rotatable bonds is 7. The van der Waals surface area contributed by atoms with E-state index in [0.29, 0.717) is 30.9 Å². The van der Waals surface area contributed by atoms with Crippen LogP contribution in [0, 0.1) is 10.1 Å². The highest BCUT2D eigenvalue weighted by atomic mass is 79.9. The molecule has 0 atom stereocenters. The van der Waals surface area contributed by atoms with Gasteiger partial charge in [0.2, 0.25) is 0 Å². The van der Waals surface area contributed by atoms with E-state index in [9.17, 15) is 14.9 Å². The normalized spacial score (nSPS) is 10.9. The molecule has 0 saturated carbocycles. The van der Waals surface area contributed by atoms with E-state index in [0.717, 1.165) is 11.8 Å². The zero-order valence-electron chi connectivity index (χ0n) is 15.9. The molecule has 1 amide bonds. The molecule has 0 fully saturated rings. The Balaban J connectivity index is 1.64. The lowest BCUT2D eigenvalue weighted by Crippen LogP contribution is -2.18. The zero-order chi connectivity index (χ0) is 23.3. The summed E-state index contributed by atoms with van der Waals surface area (Å²) in [6, 6.07) is 10.8. The fourth-order valence-electron chi connectivity index (χ4n) is 2.43. The molecule has 0 aliphatic rings. The van der Waals surface area contributed by atoms with E-state index in [1.807, 2.05) is 0 Å². The first-order valence-electron chi connectivity index (χ1n) is 8.74. The van der Waals surface area contributed by atoms with Gasteiger partial charge in [-0.05, 0) is 51.8 Å². The summed E-state index contributed by atoms with van der Waals surface area (Å²) in [5.74, 6) is -0.213. The van der Waals surface area contributed by atoms with E-state index in [-0.39, 0.29) is 18.0 Å². The third-order valence-corrected chi connectivity index (χ3v) is 5.44. The third-order valence-electron chi connectivity index (χ3n) is 3.98. The third kappa shape index (κ3) is 6.17. The van der Waals surface area contributed by atoms with Gasteiger partial charge >= 0.3 is 0 Å². The Labute approximate surface area is 205 Å². The summed E-state index contributed by atoms with van der Waals surface area (Å²) in [6.07, 6.45) is 2.37. The molecule has 0 bridgehead atoms. The second-order valence-corrected chi connectivity index (χ2v) is 8.30. The van der Waals surface area contributed by atoms with Gasteiger partial charge in [0.15, 0.2) is 5.75 Å². The van der Waals surface area contributed by atoms with Crippen LogP contribution in [0.3, 0.4) is 0 Å². The summed E-state index contributed by atoms with van der Waals surface area (Å²) in [6.45, 7) is 0.181. The van der Waals surface area contributed by atoms with Crippen LogP contribution >= 0.6 is 50.7 Å². The van der Waals surface area contributed by atoms with Crippen molar-refractivity contribution in [3.8, 4) is 5.75 Å². The number of nitro groups is 1. The van der Waals surface area contributed by atoms with Crippen LogP contribution in [-0.2, 0) is 6.61 Å². The molecule has 32 heavy (non-hydrogen) atoms. The predicted octanol–water partition coefficient (Wildman–Crippen LogP) is 6.06. The molecule has 12 heteroatoms. The minimum absolute atomic E-state index is 0.0171. The average Bonchev–Trinajstić information content (AvgIpc) is 2.74. The summed E-state index contributed by atoms with van der Waals surface area (Å²) in [5.41, 5.74) is 3.38. The number of hydrogen-bond donors (Lipinski definition) is 1. The summed E-state index contributed by atoms with van der Waals surface area (Å²) < 4.78 is 6.35. The van der Waals surface area contributed by atoms with Gasteiger partial charge in [0.25, 0.3) is 11.6 Å². The monoisotopic (exact) mass is 556 g/mol. The highest BCUT2D eigenvalue weighted by Gasteiger charge is 2.12. The molecule has 0 radical (unpaired) electrons.